The summed E-state index contributed by atoms with van der Waals surface area (Å²) in [6, 6.07) is 6.38. The highest BCUT2D eigenvalue weighted by Crippen LogP contribution is 2.25. The van der Waals surface area contributed by atoms with Gasteiger partial charge in [0.05, 0.1) is 6.54 Å². The van der Waals surface area contributed by atoms with Gasteiger partial charge in [-0.05, 0) is 94.4 Å². The van der Waals surface area contributed by atoms with Crippen molar-refractivity contribution >= 4 is 24.0 Å². The SMILES string of the molecule is CNCCC1CCN(CC(=O)Nc2ccc3c(c2)CCC3)CC1.Cl. The van der Waals surface area contributed by atoms with E-state index in [1.807, 2.05) is 13.1 Å². The van der Waals surface area contributed by atoms with Crippen LogP contribution in [0.5, 0.6) is 0 Å². The van der Waals surface area contributed by atoms with Crippen LogP contribution in [0.1, 0.15) is 36.8 Å². The van der Waals surface area contributed by atoms with Crippen molar-refractivity contribution in [2.45, 2.75) is 38.5 Å². The molecule has 0 saturated carbocycles. The van der Waals surface area contributed by atoms with Gasteiger partial charge in [-0.3, -0.25) is 9.69 Å². The summed E-state index contributed by atoms with van der Waals surface area (Å²) < 4.78 is 0. The third-order valence-corrected chi connectivity index (χ3v) is 5.26. The first-order valence-corrected chi connectivity index (χ1v) is 9.03. The number of nitrogens with one attached hydrogen (secondary N) is 2. The standard InChI is InChI=1S/C19H29N3O.ClH/c1-20-10-7-15-8-11-22(12-9-15)14-19(23)21-18-6-5-16-3-2-4-17(16)13-18;/h5-6,13,15,20H,2-4,7-12,14H2,1H3,(H,21,23);1H. The molecule has 0 radical (unpaired) electrons. The van der Waals surface area contributed by atoms with E-state index < -0.39 is 0 Å². The van der Waals surface area contributed by atoms with Crippen molar-refractivity contribution in [1.82, 2.24) is 10.2 Å². The average Bonchev–Trinajstić information content (AvgIpc) is 3.02. The largest absolute Gasteiger partial charge is 0.325 e. The molecular weight excluding hydrogens is 322 g/mol. The molecule has 0 aromatic heterocycles. The molecule has 3 rings (SSSR count). The fourth-order valence-electron chi connectivity index (χ4n) is 3.83. The monoisotopic (exact) mass is 351 g/mol. The number of likely N-dealkylation sites (tertiary alicyclic amines) is 1. The maximum Gasteiger partial charge on any atom is 0.238 e. The van der Waals surface area contributed by atoms with Crippen molar-refractivity contribution in [3.05, 3.63) is 29.3 Å². The van der Waals surface area contributed by atoms with Crippen LogP contribution in [0.25, 0.3) is 0 Å². The van der Waals surface area contributed by atoms with Crippen LogP contribution in [0.4, 0.5) is 5.69 Å². The summed E-state index contributed by atoms with van der Waals surface area (Å²) in [6.07, 6.45) is 7.27. The summed E-state index contributed by atoms with van der Waals surface area (Å²) in [5.74, 6) is 0.940. The number of halogens is 1. The smallest absolute Gasteiger partial charge is 0.238 e. The number of carbonyl (C=O) groups is 1. The summed E-state index contributed by atoms with van der Waals surface area (Å²) in [5.41, 5.74) is 3.82. The molecule has 2 aliphatic rings. The molecule has 0 unspecified atom stereocenters. The van der Waals surface area contributed by atoms with Crippen LogP contribution in [-0.4, -0.2) is 44.0 Å². The van der Waals surface area contributed by atoms with E-state index >= 15 is 0 Å². The fraction of sp³-hybridized carbons (Fsp3) is 0.632. The van der Waals surface area contributed by atoms with Crippen LogP contribution in [0.2, 0.25) is 0 Å². The summed E-state index contributed by atoms with van der Waals surface area (Å²) >= 11 is 0. The molecule has 0 bridgehead atoms. The minimum Gasteiger partial charge on any atom is -0.325 e. The lowest BCUT2D eigenvalue weighted by atomic mass is 9.93. The molecule has 1 aliphatic carbocycles. The Hall–Kier alpha value is -1.10. The Morgan fingerprint density at radius 1 is 1.21 bits per heavy atom. The maximum atomic E-state index is 12.3. The van der Waals surface area contributed by atoms with Gasteiger partial charge in [-0.1, -0.05) is 6.07 Å². The maximum absolute atomic E-state index is 12.3. The Bertz CT molecular complexity index is 541. The van der Waals surface area contributed by atoms with Crippen molar-refractivity contribution < 1.29 is 4.79 Å². The number of nitrogens with zero attached hydrogens (tertiary/aromatic N) is 1. The van der Waals surface area contributed by atoms with Gasteiger partial charge in [-0.25, -0.2) is 0 Å². The predicted molar refractivity (Wildman–Crippen MR) is 102 cm³/mol. The highest BCUT2D eigenvalue weighted by Gasteiger charge is 2.20. The molecule has 1 aromatic carbocycles. The Morgan fingerprint density at radius 2 is 1.96 bits per heavy atom. The third kappa shape index (κ3) is 5.20. The topological polar surface area (TPSA) is 44.4 Å². The first kappa shape index (κ1) is 19.2. The Labute approximate surface area is 151 Å². The van der Waals surface area contributed by atoms with E-state index in [9.17, 15) is 4.79 Å². The van der Waals surface area contributed by atoms with Crippen LogP contribution in [0.15, 0.2) is 18.2 Å². The average molecular weight is 352 g/mol. The fourth-order valence-corrected chi connectivity index (χ4v) is 3.83. The number of aryl methyl sites for hydroxylation is 2. The number of amides is 1. The minimum atomic E-state index is 0. The van der Waals surface area contributed by atoms with E-state index in [4.69, 9.17) is 0 Å². The number of benzene rings is 1. The number of hydrogen-bond acceptors (Lipinski definition) is 3. The second-order valence-corrected chi connectivity index (χ2v) is 7.00. The van der Waals surface area contributed by atoms with Gasteiger partial charge in [0.15, 0.2) is 0 Å². The summed E-state index contributed by atoms with van der Waals surface area (Å²) in [7, 11) is 2.01. The van der Waals surface area contributed by atoms with Crippen LogP contribution in [0.3, 0.4) is 0 Å². The van der Waals surface area contributed by atoms with Gasteiger partial charge in [0.1, 0.15) is 0 Å². The molecule has 1 aromatic rings. The van der Waals surface area contributed by atoms with E-state index in [0.717, 1.165) is 37.7 Å². The summed E-state index contributed by atoms with van der Waals surface area (Å²) in [6.45, 7) is 3.72. The van der Waals surface area contributed by atoms with Crippen molar-refractivity contribution in [3.8, 4) is 0 Å². The van der Waals surface area contributed by atoms with Crippen molar-refractivity contribution in [2.24, 2.45) is 5.92 Å². The Kier molecular flexibility index (Phi) is 7.53. The molecule has 5 heteroatoms. The minimum absolute atomic E-state index is 0. The molecule has 134 valence electrons. The zero-order chi connectivity index (χ0) is 16.1. The van der Waals surface area contributed by atoms with Gasteiger partial charge in [-0.2, -0.15) is 0 Å². The molecule has 4 nitrogen and oxygen atoms in total. The van der Waals surface area contributed by atoms with Crippen LogP contribution >= 0.6 is 12.4 Å². The van der Waals surface area contributed by atoms with Gasteiger partial charge < -0.3 is 10.6 Å². The number of hydrogen-bond donors (Lipinski definition) is 2. The van der Waals surface area contributed by atoms with Gasteiger partial charge in [0.2, 0.25) is 5.91 Å². The quantitative estimate of drug-likeness (QED) is 0.828. The zero-order valence-corrected chi connectivity index (χ0v) is 15.5. The molecule has 1 aliphatic heterocycles. The number of fused-ring (bicyclic) bond motifs is 1. The molecule has 1 amide bonds. The second-order valence-electron chi connectivity index (χ2n) is 7.00. The molecule has 1 fully saturated rings. The first-order chi connectivity index (χ1) is 11.2. The van der Waals surface area contributed by atoms with Gasteiger partial charge in [0.25, 0.3) is 0 Å². The van der Waals surface area contributed by atoms with Crippen LogP contribution in [-0.2, 0) is 17.6 Å². The molecule has 1 heterocycles. The molecular formula is C19H30ClN3O. The van der Waals surface area contributed by atoms with Crippen molar-refractivity contribution in [1.29, 1.82) is 0 Å². The molecule has 24 heavy (non-hydrogen) atoms. The van der Waals surface area contributed by atoms with Gasteiger partial charge >= 0.3 is 0 Å². The Balaban J connectivity index is 0.00000208. The molecule has 0 atom stereocenters. The zero-order valence-electron chi connectivity index (χ0n) is 14.6. The van der Waals surface area contributed by atoms with Crippen LogP contribution < -0.4 is 10.6 Å². The number of piperidine rings is 1. The lowest BCUT2D eigenvalue weighted by molar-refractivity contribution is -0.117. The van der Waals surface area contributed by atoms with Gasteiger partial charge in [-0.15, -0.1) is 12.4 Å². The Morgan fingerprint density at radius 3 is 2.71 bits per heavy atom. The third-order valence-electron chi connectivity index (χ3n) is 5.26. The number of carbonyl (C=O) groups excluding carboxylic acids is 1. The summed E-state index contributed by atoms with van der Waals surface area (Å²) in [4.78, 5) is 14.6. The van der Waals surface area contributed by atoms with E-state index in [1.165, 1.54) is 43.2 Å². The normalized spacial score (nSPS) is 18.0. The lowest BCUT2D eigenvalue weighted by Crippen LogP contribution is -2.39. The first-order valence-electron chi connectivity index (χ1n) is 9.03. The lowest BCUT2D eigenvalue weighted by Gasteiger charge is -2.31. The molecule has 1 saturated heterocycles. The number of anilines is 1. The predicted octanol–water partition coefficient (Wildman–Crippen LogP) is 2.86. The van der Waals surface area contributed by atoms with E-state index in [1.54, 1.807) is 0 Å². The molecule has 0 spiro atoms. The van der Waals surface area contributed by atoms with E-state index in [2.05, 4.69) is 27.7 Å². The van der Waals surface area contributed by atoms with E-state index in [-0.39, 0.29) is 18.3 Å². The van der Waals surface area contributed by atoms with E-state index in [0.29, 0.717) is 6.54 Å². The van der Waals surface area contributed by atoms with Gasteiger partial charge in [0, 0.05) is 5.69 Å². The van der Waals surface area contributed by atoms with Crippen molar-refractivity contribution in [2.75, 3.05) is 38.5 Å². The second kappa shape index (κ2) is 9.40. The summed E-state index contributed by atoms with van der Waals surface area (Å²) in [5, 5.41) is 6.30. The highest BCUT2D eigenvalue weighted by atomic mass is 35.5. The number of rotatable bonds is 6. The van der Waals surface area contributed by atoms with Crippen molar-refractivity contribution in [3.63, 3.8) is 0 Å². The molecule has 2 N–H and O–H groups in total. The highest BCUT2D eigenvalue weighted by molar-refractivity contribution is 5.92. The van der Waals surface area contributed by atoms with Crippen LogP contribution in [0, 0.1) is 5.92 Å².